The zero-order valence-electron chi connectivity index (χ0n) is 20.7. The van der Waals surface area contributed by atoms with Crippen molar-refractivity contribution in [1.29, 1.82) is 0 Å². The number of pyridine rings is 1. The molecular formula is C26H23Cl2F3N4O5. The summed E-state index contributed by atoms with van der Waals surface area (Å²) in [5.41, 5.74) is 3.60. The van der Waals surface area contributed by atoms with Gasteiger partial charge in [-0.15, -0.1) is 0 Å². The van der Waals surface area contributed by atoms with Gasteiger partial charge in [0.25, 0.3) is 0 Å². The molecule has 6 N–H and O–H groups in total. The highest BCUT2D eigenvalue weighted by Crippen LogP contribution is 2.34. The highest BCUT2D eigenvalue weighted by molar-refractivity contribution is 6.31. The van der Waals surface area contributed by atoms with Crippen molar-refractivity contribution >= 4 is 46.5 Å². The Morgan fingerprint density at radius 2 is 1.93 bits per heavy atom. The van der Waals surface area contributed by atoms with Crippen molar-refractivity contribution in [1.82, 2.24) is 4.98 Å². The van der Waals surface area contributed by atoms with Crippen LogP contribution in [0.2, 0.25) is 5.02 Å². The Balaban J connectivity index is 1.98. The molecule has 1 atom stereocenters. The summed E-state index contributed by atoms with van der Waals surface area (Å²) in [4.78, 5) is 40.5. The van der Waals surface area contributed by atoms with Gasteiger partial charge in [0.05, 0.1) is 22.7 Å². The number of carboxylic acid groups (broad SMARTS) is 1. The minimum absolute atomic E-state index is 0.0170. The van der Waals surface area contributed by atoms with Crippen LogP contribution in [0.1, 0.15) is 33.8 Å². The summed E-state index contributed by atoms with van der Waals surface area (Å²) < 4.78 is 45.3. The van der Waals surface area contributed by atoms with Gasteiger partial charge < -0.3 is 31.2 Å². The van der Waals surface area contributed by atoms with Crippen LogP contribution in [0.25, 0.3) is 11.3 Å². The average Bonchev–Trinajstić information content (AvgIpc) is 2.88. The number of nitrogens with two attached hydrogens (primary N) is 1. The van der Waals surface area contributed by atoms with Gasteiger partial charge in [0.2, 0.25) is 5.91 Å². The molecule has 0 aliphatic rings. The number of anilines is 2. The van der Waals surface area contributed by atoms with Crippen molar-refractivity contribution in [3.05, 3.63) is 92.0 Å². The molecule has 0 aliphatic carbocycles. The molecule has 1 heterocycles. The standard InChI is InChI=1S/C26H23Cl2F3N4O5/c1-40-7-6-15(24(37)35-14-3-4-16(25(38)39)19(9-14)26(29,30)31)18-11-33-21(10-22(18)36)17-8-13(27)2-5-20(17)34-12-23(28)32/h2-5,8-12,15,34H,6-7,32H2,1H3,(H,33,36)(H,35,37)(H,38,39)/b23-12-. The molecule has 0 radical (unpaired) electrons. The van der Waals surface area contributed by atoms with Gasteiger partial charge >= 0.3 is 12.1 Å². The Bertz CT molecular complexity index is 1500. The van der Waals surface area contributed by atoms with Crippen LogP contribution in [-0.2, 0) is 15.7 Å². The molecule has 0 fully saturated rings. The Labute approximate surface area is 235 Å². The van der Waals surface area contributed by atoms with Crippen molar-refractivity contribution in [3.63, 3.8) is 0 Å². The summed E-state index contributed by atoms with van der Waals surface area (Å²) in [5.74, 6) is -3.68. The molecule has 3 aromatic rings. The second-order valence-electron chi connectivity index (χ2n) is 8.42. The number of hydrogen-bond donors (Lipinski definition) is 5. The maximum atomic E-state index is 13.4. The molecule has 2 aromatic carbocycles. The number of benzene rings is 2. The van der Waals surface area contributed by atoms with E-state index in [0.29, 0.717) is 28.0 Å². The fraction of sp³-hybridized carbons (Fsp3) is 0.192. The number of nitrogens with one attached hydrogen (secondary N) is 3. The van der Waals surface area contributed by atoms with Crippen molar-refractivity contribution in [3.8, 4) is 11.3 Å². The van der Waals surface area contributed by atoms with E-state index >= 15 is 0 Å². The number of hydrogen-bond acceptors (Lipinski definition) is 6. The summed E-state index contributed by atoms with van der Waals surface area (Å²) in [5, 5.41) is 14.7. The highest BCUT2D eigenvalue weighted by Gasteiger charge is 2.36. The Morgan fingerprint density at radius 1 is 1.20 bits per heavy atom. The number of aromatic carboxylic acids is 1. The lowest BCUT2D eigenvalue weighted by molar-refractivity contribution is -0.138. The van der Waals surface area contributed by atoms with Crippen molar-refractivity contribution in [2.75, 3.05) is 24.4 Å². The molecule has 9 nitrogen and oxygen atoms in total. The van der Waals surface area contributed by atoms with Gasteiger partial charge in [-0.2, -0.15) is 13.2 Å². The molecule has 1 aromatic heterocycles. The van der Waals surface area contributed by atoms with E-state index in [1.807, 2.05) is 0 Å². The zero-order chi connectivity index (χ0) is 29.6. The molecule has 14 heteroatoms. The van der Waals surface area contributed by atoms with Crippen LogP contribution in [0, 0.1) is 0 Å². The van der Waals surface area contributed by atoms with Gasteiger partial charge in [0, 0.05) is 59.7 Å². The Morgan fingerprint density at radius 3 is 2.52 bits per heavy atom. The third kappa shape index (κ3) is 7.56. The predicted molar refractivity (Wildman–Crippen MR) is 146 cm³/mol. The van der Waals surface area contributed by atoms with E-state index in [-0.39, 0.29) is 29.4 Å². The smallest absolute Gasteiger partial charge is 0.417 e. The first-order chi connectivity index (χ1) is 18.8. The number of alkyl halides is 3. The Hall–Kier alpha value is -4.00. The van der Waals surface area contributed by atoms with Gasteiger partial charge in [0.15, 0.2) is 5.43 Å². The van der Waals surface area contributed by atoms with Gasteiger partial charge in [-0.3, -0.25) is 9.59 Å². The lowest BCUT2D eigenvalue weighted by Crippen LogP contribution is -2.27. The van der Waals surface area contributed by atoms with Crippen LogP contribution in [0.5, 0.6) is 0 Å². The third-order valence-corrected chi connectivity index (χ3v) is 6.05. The summed E-state index contributed by atoms with van der Waals surface area (Å²) in [7, 11) is 1.39. The number of rotatable bonds is 10. The molecule has 0 aliphatic heterocycles. The first-order valence-corrected chi connectivity index (χ1v) is 12.2. The average molecular weight is 599 g/mol. The molecule has 212 valence electrons. The quantitative estimate of drug-likeness (QED) is 0.191. The van der Waals surface area contributed by atoms with E-state index in [1.165, 1.54) is 25.6 Å². The maximum Gasteiger partial charge on any atom is 0.417 e. The summed E-state index contributed by atoms with van der Waals surface area (Å²) in [6.07, 6.45) is -2.30. The SMILES string of the molecule is COCCC(C(=O)Nc1ccc(C(=O)O)c(C(F)(F)F)c1)c1c[nH]c(-c2cc(Cl)ccc2N/C=C(\N)Cl)cc1=O. The van der Waals surface area contributed by atoms with Crippen LogP contribution < -0.4 is 21.8 Å². The second-order valence-corrected chi connectivity index (χ2v) is 9.29. The summed E-state index contributed by atoms with van der Waals surface area (Å²) in [6, 6.07) is 8.38. The number of methoxy groups -OCH3 is 1. The third-order valence-electron chi connectivity index (χ3n) is 5.71. The number of halogens is 5. The number of carboxylic acids is 1. The molecular weight excluding hydrogens is 576 g/mol. The fourth-order valence-corrected chi connectivity index (χ4v) is 4.09. The van der Waals surface area contributed by atoms with E-state index in [9.17, 15) is 27.6 Å². The second kappa shape index (κ2) is 12.9. The number of carbonyl (C=O) groups excluding carboxylic acids is 1. The van der Waals surface area contributed by atoms with Gasteiger partial charge in [0.1, 0.15) is 5.16 Å². The Kier molecular flexibility index (Phi) is 9.85. The van der Waals surface area contributed by atoms with E-state index in [2.05, 4.69) is 15.6 Å². The number of carbonyl (C=O) groups is 2. The maximum absolute atomic E-state index is 13.4. The molecule has 0 saturated heterocycles. The molecule has 0 spiro atoms. The number of aromatic nitrogens is 1. The van der Waals surface area contributed by atoms with E-state index < -0.39 is 40.5 Å². The minimum atomic E-state index is -4.98. The van der Waals surface area contributed by atoms with E-state index in [1.54, 1.807) is 18.2 Å². The molecule has 0 bridgehead atoms. The van der Waals surface area contributed by atoms with Gasteiger partial charge in [-0.05, 0) is 42.8 Å². The van der Waals surface area contributed by atoms with Crippen LogP contribution in [0.3, 0.4) is 0 Å². The van der Waals surface area contributed by atoms with Gasteiger partial charge in [-0.1, -0.05) is 23.2 Å². The van der Waals surface area contributed by atoms with Crippen LogP contribution in [-0.4, -0.2) is 35.7 Å². The van der Waals surface area contributed by atoms with Crippen molar-refractivity contribution < 1.29 is 32.6 Å². The summed E-state index contributed by atoms with van der Waals surface area (Å²) in [6.45, 7) is 0.0551. The normalized spacial score (nSPS) is 12.6. The van der Waals surface area contributed by atoms with Gasteiger partial charge in [-0.25, -0.2) is 4.79 Å². The number of aromatic amines is 1. The van der Waals surface area contributed by atoms with Crippen LogP contribution in [0.4, 0.5) is 24.5 Å². The largest absolute Gasteiger partial charge is 0.478 e. The minimum Gasteiger partial charge on any atom is -0.478 e. The molecule has 0 saturated carbocycles. The lowest BCUT2D eigenvalue weighted by Gasteiger charge is -2.18. The first-order valence-electron chi connectivity index (χ1n) is 11.5. The fourth-order valence-electron chi connectivity index (χ4n) is 3.86. The van der Waals surface area contributed by atoms with E-state index in [4.69, 9.17) is 38.8 Å². The van der Waals surface area contributed by atoms with Crippen molar-refractivity contribution in [2.24, 2.45) is 5.73 Å². The molecule has 1 amide bonds. The van der Waals surface area contributed by atoms with Crippen LogP contribution in [0.15, 0.2) is 64.8 Å². The zero-order valence-corrected chi connectivity index (χ0v) is 22.2. The monoisotopic (exact) mass is 598 g/mol. The molecule has 3 rings (SSSR count). The number of amides is 1. The first kappa shape index (κ1) is 30.5. The van der Waals surface area contributed by atoms with Crippen molar-refractivity contribution in [2.45, 2.75) is 18.5 Å². The highest BCUT2D eigenvalue weighted by atomic mass is 35.5. The lowest BCUT2D eigenvalue weighted by atomic mass is 9.95. The number of H-pyrrole nitrogens is 1. The van der Waals surface area contributed by atoms with E-state index in [0.717, 1.165) is 12.1 Å². The topological polar surface area (TPSA) is 147 Å². The molecule has 40 heavy (non-hydrogen) atoms. The van der Waals surface area contributed by atoms with Crippen LogP contribution >= 0.6 is 23.2 Å². The number of ether oxygens (including phenoxy) is 1. The predicted octanol–water partition coefficient (Wildman–Crippen LogP) is 5.58. The summed E-state index contributed by atoms with van der Waals surface area (Å²) >= 11 is 11.8. The molecule has 1 unspecified atom stereocenters.